The SMILES string of the molecule is CC1=CCC(N2CCC(N(C)C(O)C3CCCCC3)C2)CC1. The maximum absolute atomic E-state index is 10.7. The third kappa shape index (κ3) is 3.74. The Balaban J connectivity index is 1.51. The maximum Gasteiger partial charge on any atom is 0.110 e. The van der Waals surface area contributed by atoms with E-state index in [9.17, 15) is 5.11 Å². The predicted octanol–water partition coefficient (Wildman–Crippen LogP) is 3.39. The molecule has 1 aliphatic heterocycles. The number of aliphatic hydroxyl groups excluding tert-OH is 1. The minimum Gasteiger partial charge on any atom is -0.378 e. The summed E-state index contributed by atoms with van der Waals surface area (Å²) < 4.78 is 0. The van der Waals surface area contributed by atoms with Gasteiger partial charge in [0.2, 0.25) is 0 Å². The van der Waals surface area contributed by atoms with Gasteiger partial charge in [-0.15, -0.1) is 0 Å². The van der Waals surface area contributed by atoms with E-state index in [0.29, 0.717) is 12.0 Å². The molecule has 1 saturated carbocycles. The van der Waals surface area contributed by atoms with Gasteiger partial charge in [0.05, 0.1) is 0 Å². The molecule has 3 heteroatoms. The number of hydrogen-bond acceptors (Lipinski definition) is 3. The molecule has 0 spiro atoms. The highest BCUT2D eigenvalue weighted by atomic mass is 16.3. The van der Waals surface area contributed by atoms with Crippen molar-refractivity contribution in [3.8, 4) is 0 Å². The van der Waals surface area contributed by atoms with E-state index >= 15 is 0 Å². The quantitative estimate of drug-likeness (QED) is 0.637. The molecule has 0 aromatic rings. The molecule has 0 amide bonds. The fourth-order valence-electron chi connectivity index (χ4n) is 4.70. The Kier molecular flexibility index (Phi) is 5.59. The summed E-state index contributed by atoms with van der Waals surface area (Å²) in [6.45, 7) is 4.62. The summed E-state index contributed by atoms with van der Waals surface area (Å²) in [5.41, 5.74) is 1.57. The number of hydrogen-bond donors (Lipinski definition) is 1. The molecule has 1 saturated heterocycles. The molecule has 3 aliphatic rings. The van der Waals surface area contributed by atoms with Crippen molar-refractivity contribution < 1.29 is 5.11 Å². The number of likely N-dealkylation sites (N-methyl/N-ethyl adjacent to an activating group) is 1. The summed E-state index contributed by atoms with van der Waals surface area (Å²) in [6, 6.07) is 1.29. The molecule has 3 unspecified atom stereocenters. The Labute approximate surface area is 136 Å². The van der Waals surface area contributed by atoms with Crippen molar-refractivity contribution in [2.75, 3.05) is 20.1 Å². The van der Waals surface area contributed by atoms with Gasteiger partial charge in [-0.05, 0) is 58.4 Å². The highest BCUT2D eigenvalue weighted by Crippen LogP contribution is 2.31. The molecular formula is C19H34N2O. The summed E-state index contributed by atoms with van der Waals surface area (Å²) >= 11 is 0. The Morgan fingerprint density at radius 1 is 1.18 bits per heavy atom. The molecule has 2 aliphatic carbocycles. The van der Waals surface area contributed by atoms with Gasteiger partial charge in [-0.2, -0.15) is 0 Å². The number of allylic oxidation sites excluding steroid dienone is 1. The lowest BCUT2D eigenvalue weighted by atomic mass is 9.87. The molecule has 3 nitrogen and oxygen atoms in total. The first kappa shape index (κ1) is 16.5. The molecule has 0 radical (unpaired) electrons. The van der Waals surface area contributed by atoms with Gasteiger partial charge in [0.25, 0.3) is 0 Å². The standard InChI is InChI=1S/C19H34N2O/c1-15-8-10-17(11-9-15)21-13-12-18(14-21)20(2)19(22)16-6-4-3-5-7-16/h8,16-19,22H,3-7,9-14H2,1-2H3. The molecule has 22 heavy (non-hydrogen) atoms. The van der Waals surface area contributed by atoms with E-state index in [0.717, 1.165) is 12.6 Å². The van der Waals surface area contributed by atoms with Gasteiger partial charge >= 0.3 is 0 Å². The first-order valence-corrected chi connectivity index (χ1v) is 9.45. The highest BCUT2D eigenvalue weighted by Gasteiger charge is 2.35. The predicted molar refractivity (Wildman–Crippen MR) is 91.7 cm³/mol. The molecule has 0 aromatic heterocycles. The van der Waals surface area contributed by atoms with Gasteiger partial charge in [0.15, 0.2) is 0 Å². The molecule has 2 fully saturated rings. The zero-order chi connectivity index (χ0) is 15.5. The van der Waals surface area contributed by atoms with Crippen molar-refractivity contribution in [1.29, 1.82) is 0 Å². The van der Waals surface area contributed by atoms with Crippen LogP contribution in [-0.2, 0) is 0 Å². The molecule has 126 valence electrons. The Morgan fingerprint density at radius 3 is 2.64 bits per heavy atom. The first-order valence-electron chi connectivity index (χ1n) is 9.45. The van der Waals surface area contributed by atoms with E-state index in [1.54, 1.807) is 5.57 Å². The van der Waals surface area contributed by atoms with Gasteiger partial charge in [0.1, 0.15) is 6.23 Å². The molecule has 1 heterocycles. The topological polar surface area (TPSA) is 26.7 Å². The average molecular weight is 306 g/mol. The number of nitrogens with zero attached hydrogens (tertiary/aromatic N) is 2. The molecule has 3 atom stereocenters. The van der Waals surface area contributed by atoms with E-state index in [2.05, 4.69) is 29.8 Å². The van der Waals surface area contributed by atoms with E-state index in [4.69, 9.17) is 0 Å². The van der Waals surface area contributed by atoms with Crippen LogP contribution in [-0.4, -0.2) is 53.4 Å². The van der Waals surface area contributed by atoms with Gasteiger partial charge in [-0.1, -0.05) is 30.9 Å². The summed E-state index contributed by atoms with van der Waals surface area (Å²) in [5.74, 6) is 0.507. The van der Waals surface area contributed by atoms with Crippen LogP contribution in [0.2, 0.25) is 0 Å². The summed E-state index contributed by atoms with van der Waals surface area (Å²) in [5, 5.41) is 10.7. The van der Waals surface area contributed by atoms with Crippen LogP contribution in [0.4, 0.5) is 0 Å². The lowest BCUT2D eigenvalue weighted by Crippen LogP contribution is -2.46. The van der Waals surface area contributed by atoms with E-state index in [-0.39, 0.29) is 6.23 Å². The zero-order valence-corrected chi connectivity index (χ0v) is 14.5. The van der Waals surface area contributed by atoms with Crippen molar-refractivity contribution in [2.45, 2.75) is 83.0 Å². The van der Waals surface area contributed by atoms with Crippen molar-refractivity contribution in [3.05, 3.63) is 11.6 Å². The fraction of sp³-hybridized carbons (Fsp3) is 0.895. The number of rotatable bonds is 4. The summed E-state index contributed by atoms with van der Waals surface area (Å²) in [6.07, 6.45) is 13.7. The lowest BCUT2D eigenvalue weighted by molar-refractivity contribution is -0.0562. The van der Waals surface area contributed by atoms with Gasteiger partial charge < -0.3 is 5.11 Å². The smallest absolute Gasteiger partial charge is 0.110 e. The maximum atomic E-state index is 10.7. The third-order valence-corrected chi connectivity index (χ3v) is 6.39. The minimum atomic E-state index is -0.223. The summed E-state index contributed by atoms with van der Waals surface area (Å²) in [7, 11) is 2.15. The first-order chi connectivity index (χ1) is 10.6. The van der Waals surface area contributed by atoms with Crippen LogP contribution in [0, 0.1) is 5.92 Å². The van der Waals surface area contributed by atoms with Crippen LogP contribution < -0.4 is 0 Å². The zero-order valence-electron chi connectivity index (χ0n) is 14.5. The normalized spacial score (nSPS) is 33.2. The van der Waals surface area contributed by atoms with Crippen LogP contribution >= 0.6 is 0 Å². The van der Waals surface area contributed by atoms with Crippen LogP contribution in [0.5, 0.6) is 0 Å². The van der Waals surface area contributed by atoms with Crippen molar-refractivity contribution in [1.82, 2.24) is 9.80 Å². The Bertz CT molecular complexity index is 389. The Hall–Kier alpha value is -0.380. The van der Waals surface area contributed by atoms with Gasteiger partial charge in [0, 0.05) is 25.2 Å². The highest BCUT2D eigenvalue weighted by molar-refractivity contribution is 5.05. The van der Waals surface area contributed by atoms with E-state index < -0.39 is 0 Å². The van der Waals surface area contributed by atoms with Crippen LogP contribution in [0.15, 0.2) is 11.6 Å². The molecule has 1 N–H and O–H groups in total. The average Bonchev–Trinajstić information content (AvgIpc) is 3.05. The second-order valence-corrected chi connectivity index (χ2v) is 7.89. The molecule has 0 aromatic carbocycles. The molecule has 3 rings (SSSR count). The van der Waals surface area contributed by atoms with Crippen molar-refractivity contribution >= 4 is 0 Å². The van der Waals surface area contributed by atoms with Crippen molar-refractivity contribution in [2.24, 2.45) is 5.92 Å². The van der Waals surface area contributed by atoms with Crippen LogP contribution in [0.3, 0.4) is 0 Å². The van der Waals surface area contributed by atoms with Crippen LogP contribution in [0.25, 0.3) is 0 Å². The number of aliphatic hydroxyl groups is 1. The third-order valence-electron chi connectivity index (χ3n) is 6.39. The van der Waals surface area contributed by atoms with Crippen molar-refractivity contribution in [3.63, 3.8) is 0 Å². The number of likely N-dealkylation sites (tertiary alicyclic amines) is 1. The monoisotopic (exact) mass is 306 g/mol. The largest absolute Gasteiger partial charge is 0.378 e. The fourth-order valence-corrected chi connectivity index (χ4v) is 4.70. The van der Waals surface area contributed by atoms with E-state index in [1.807, 2.05) is 0 Å². The lowest BCUT2D eigenvalue weighted by Gasteiger charge is -2.37. The summed E-state index contributed by atoms with van der Waals surface area (Å²) in [4.78, 5) is 4.97. The van der Waals surface area contributed by atoms with Gasteiger partial charge in [-0.25, -0.2) is 0 Å². The second-order valence-electron chi connectivity index (χ2n) is 7.89. The van der Waals surface area contributed by atoms with E-state index in [1.165, 1.54) is 64.3 Å². The van der Waals surface area contributed by atoms with Gasteiger partial charge in [-0.3, -0.25) is 9.80 Å². The minimum absolute atomic E-state index is 0.223. The molecular weight excluding hydrogens is 272 g/mol. The Morgan fingerprint density at radius 2 is 1.95 bits per heavy atom. The van der Waals surface area contributed by atoms with Crippen LogP contribution in [0.1, 0.15) is 64.7 Å². The molecule has 0 bridgehead atoms. The second kappa shape index (κ2) is 7.46.